The SMILES string of the molecule is CCc1ccc(C=C2C(=O)N(c3cccc4ccccc34)C(C)=C2C(=O)OC)cc1. The number of hydrogen-bond acceptors (Lipinski definition) is 3. The normalized spacial score (nSPS) is 15.4. The van der Waals surface area contributed by atoms with Crippen molar-refractivity contribution in [1.29, 1.82) is 0 Å². The number of benzene rings is 3. The Morgan fingerprint density at radius 3 is 2.40 bits per heavy atom. The molecule has 3 aromatic carbocycles. The van der Waals surface area contributed by atoms with E-state index in [0.717, 1.165) is 28.4 Å². The van der Waals surface area contributed by atoms with Crippen LogP contribution in [-0.4, -0.2) is 19.0 Å². The van der Waals surface area contributed by atoms with Crippen LogP contribution in [0.15, 0.2) is 83.6 Å². The number of allylic oxidation sites excluding steroid dienone is 1. The Morgan fingerprint density at radius 1 is 1.00 bits per heavy atom. The summed E-state index contributed by atoms with van der Waals surface area (Å²) in [7, 11) is 1.33. The van der Waals surface area contributed by atoms with Crippen LogP contribution in [0.3, 0.4) is 0 Å². The Hall–Kier alpha value is -3.66. The van der Waals surface area contributed by atoms with Gasteiger partial charge in [-0.2, -0.15) is 0 Å². The number of ether oxygens (including phenoxy) is 1. The minimum Gasteiger partial charge on any atom is -0.465 e. The second kappa shape index (κ2) is 7.99. The third-order valence-corrected chi connectivity index (χ3v) is 5.50. The highest BCUT2D eigenvalue weighted by Crippen LogP contribution is 2.38. The van der Waals surface area contributed by atoms with Crippen molar-refractivity contribution < 1.29 is 14.3 Å². The van der Waals surface area contributed by atoms with Crippen LogP contribution in [0.25, 0.3) is 16.8 Å². The molecule has 1 aliphatic heterocycles. The van der Waals surface area contributed by atoms with Crippen molar-refractivity contribution in [2.75, 3.05) is 12.0 Å². The van der Waals surface area contributed by atoms with Gasteiger partial charge in [0.25, 0.3) is 5.91 Å². The number of carbonyl (C=O) groups is 2. The summed E-state index contributed by atoms with van der Waals surface area (Å²) < 4.78 is 5.01. The quantitative estimate of drug-likeness (QED) is 0.444. The standard InChI is InChI=1S/C26H23NO3/c1-4-18-12-14-19(15-13-18)16-22-24(26(29)30-3)17(2)27(25(22)28)23-11-7-9-20-8-5-6-10-21(20)23/h5-16H,4H2,1-3H3. The number of hydrogen-bond donors (Lipinski definition) is 0. The van der Waals surface area contributed by atoms with Crippen molar-refractivity contribution in [3.05, 3.63) is 94.7 Å². The number of amides is 1. The summed E-state index contributed by atoms with van der Waals surface area (Å²) >= 11 is 0. The lowest BCUT2D eigenvalue weighted by Crippen LogP contribution is -2.24. The van der Waals surface area contributed by atoms with E-state index in [1.54, 1.807) is 17.9 Å². The second-order valence-electron chi connectivity index (χ2n) is 7.24. The third-order valence-electron chi connectivity index (χ3n) is 5.50. The van der Waals surface area contributed by atoms with E-state index in [1.165, 1.54) is 12.7 Å². The smallest absolute Gasteiger partial charge is 0.340 e. The summed E-state index contributed by atoms with van der Waals surface area (Å²) in [6.45, 7) is 3.88. The van der Waals surface area contributed by atoms with Crippen LogP contribution >= 0.6 is 0 Å². The fourth-order valence-corrected chi connectivity index (χ4v) is 3.89. The lowest BCUT2D eigenvalue weighted by molar-refractivity contribution is -0.136. The number of carbonyl (C=O) groups excluding carboxylic acids is 2. The number of methoxy groups -OCH3 is 1. The maximum Gasteiger partial charge on any atom is 0.340 e. The molecule has 1 amide bonds. The number of aryl methyl sites for hydroxylation is 1. The maximum atomic E-state index is 13.5. The Morgan fingerprint density at radius 2 is 1.70 bits per heavy atom. The van der Waals surface area contributed by atoms with Crippen LogP contribution in [0.2, 0.25) is 0 Å². The summed E-state index contributed by atoms with van der Waals surface area (Å²) in [6.07, 6.45) is 2.71. The number of anilines is 1. The third kappa shape index (κ3) is 3.30. The highest BCUT2D eigenvalue weighted by atomic mass is 16.5. The van der Waals surface area contributed by atoms with E-state index in [-0.39, 0.29) is 5.91 Å². The van der Waals surface area contributed by atoms with E-state index >= 15 is 0 Å². The Bertz CT molecular complexity index is 1200. The van der Waals surface area contributed by atoms with Crippen LogP contribution in [0.5, 0.6) is 0 Å². The fourth-order valence-electron chi connectivity index (χ4n) is 3.89. The number of esters is 1. The molecule has 0 aromatic heterocycles. The van der Waals surface area contributed by atoms with Crippen molar-refractivity contribution in [2.24, 2.45) is 0 Å². The highest BCUT2D eigenvalue weighted by Gasteiger charge is 2.38. The van der Waals surface area contributed by atoms with Gasteiger partial charge in [-0.05, 0) is 42.0 Å². The molecule has 4 heteroatoms. The van der Waals surface area contributed by atoms with Crippen LogP contribution in [-0.2, 0) is 20.7 Å². The summed E-state index contributed by atoms with van der Waals surface area (Å²) in [4.78, 5) is 27.8. The number of fused-ring (bicyclic) bond motifs is 1. The predicted molar refractivity (Wildman–Crippen MR) is 120 cm³/mol. The van der Waals surface area contributed by atoms with Gasteiger partial charge < -0.3 is 4.74 Å². The first-order valence-corrected chi connectivity index (χ1v) is 9.97. The zero-order valence-corrected chi connectivity index (χ0v) is 17.3. The minimum atomic E-state index is -0.514. The predicted octanol–water partition coefficient (Wildman–Crippen LogP) is 5.28. The van der Waals surface area contributed by atoms with Crippen molar-refractivity contribution in [1.82, 2.24) is 0 Å². The largest absolute Gasteiger partial charge is 0.465 e. The molecule has 0 N–H and O–H groups in total. The summed E-state index contributed by atoms with van der Waals surface area (Å²) in [5.41, 5.74) is 4.05. The molecule has 3 aromatic rings. The van der Waals surface area contributed by atoms with Crippen LogP contribution in [0, 0.1) is 0 Å². The van der Waals surface area contributed by atoms with E-state index in [0.29, 0.717) is 16.8 Å². The summed E-state index contributed by atoms with van der Waals surface area (Å²) in [6, 6.07) is 21.7. The van der Waals surface area contributed by atoms with E-state index in [4.69, 9.17) is 4.74 Å². The van der Waals surface area contributed by atoms with Gasteiger partial charge in [0.05, 0.1) is 23.9 Å². The molecule has 150 valence electrons. The number of rotatable bonds is 4. The summed E-state index contributed by atoms with van der Waals surface area (Å²) in [5, 5.41) is 1.98. The monoisotopic (exact) mass is 397 g/mol. The molecule has 0 saturated heterocycles. The number of nitrogens with zero attached hydrogens (tertiary/aromatic N) is 1. The molecular formula is C26H23NO3. The zero-order valence-electron chi connectivity index (χ0n) is 17.3. The van der Waals surface area contributed by atoms with Gasteiger partial charge in [-0.25, -0.2) is 4.79 Å². The van der Waals surface area contributed by atoms with E-state index < -0.39 is 5.97 Å². The lowest BCUT2D eigenvalue weighted by Gasteiger charge is -2.20. The first-order chi connectivity index (χ1) is 14.5. The molecule has 0 spiro atoms. The van der Waals surface area contributed by atoms with Gasteiger partial charge in [0.1, 0.15) is 0 Å². The van der Waals surface area contributed by atoms with Gasteiger partial charge >= 0.3 is 5.97 Å². The van der Waals surface area contributed by atoms with E-state index in [2.05, 4.69) is 6.92 Å². The fraction of sp³-hybridized carbons (Fsp3) is 0.154. The van der Waals surface area contributed by atoms with Gasteiger partial charge in [-0.15, -0.1) is 0 Å². The molecule has 0 radical (unpaired) electrons. The average molecular weight is 397 g/mol. The molecule has 0 fully saturated rings. The topological polar surface area (TPSA) is 46.6 Å². The maximum absolute atomic E-state index is 13.5. The average Bonchev–Trinajstić information content (AvgIpc) is 3.02. The van der Waals surface area contributed by atoms with Crippen LogP contribution in [0.4, 0.5) is 5.69 Å². The first kappa shape index (κ1) is 19.6. The zero-order chi connectivity index (χ0) is 21.3. The van der Waals surface area contributed by atoms with Crippen LogP contribution in [0.1, 0.15) is 25.0 Å². The molecule has 0 unspecified atom stereocenters. The van der Waals surface area contributed by atoms with E-state index in [1.807, 2.05) is 66.7 Å². The molecule has 0 atom stereocenters. The van der Waals surface area contributed by atoms with Gasteiger partial charge in [-0.1, -0.05) is 67.6 Å². The molecular weight excluding hydrogens is 374 g/mol. The second-order valence-corrected chi connectivity index (χ2v) is 7.24. The molecule has 0 saturated carbocycles. The van der Waals surface area contributed by atoms with Gasteiger partial charge in [0.15, 0.2) is 0 Å². The van der Waals surface area contributed by atoms with E-state index in [9.17, 15) is 9.59 Å². The van der Waals surface area contributed by atoms with Gasteiger partial charge in [0.2, 0.25) is 0 Å². The molecule has 1 heterocycles. The van der Waals surface area contributed by atoms with Crippen molar-refractivity contribution in [2.45, 2.75) is 20.3 Å². The Balaban J connectivity index is 1.87. The lowest BCUT2D eigenvalue weighted by atomic mass is 10.0. The minimum absolute atomic E-state index is 0.233. The molecule has 0 aliphatic carbocycles. The van der Waals surface area contributed by atoms with Crippen molar-refractivity contribution in [3.8, 4) is 0 Å². The molecule has 4 nitrogen and oxygen atoms in total. The van der Waals surface area contributed by atoms with Crippen molar-refractivity contribution in [3.63, 3.8) is 0 Å². The molecule has 4 rings (SSSR count). The van der Waals surface area contributed by atoms with Crippen molar-refractivity contribution >= 4 is 34.4 Å². The summed E-state index contributed by atoms with van der Waals surface area (Å²) in [5.74, 6) is -0.746. The highest BCUT2D eigenvalue weighted by molar-refractivity contribution is 6.25. The molecule has 0 bridgehead atoms. The first-order valence-electron chi connectivity index (χ1n) is 9.97. The molecule has 30 heavy (non-hydrogen) atoms. The van der Waals surface area contributed by atoms with Gasteiger partial charge in [-0.3, -0.25) is 9.69 Å². The Kier molecular flexibility index (Phi) is 5.23. The molecule has 1 aliphatic rings. The Labute approximate surface area is 176 Å². The van der Waals surface area contributed by atoms with Crippen LogP contribution < -0.4 is 4.90 Å². The van der Waals surface area contributed by atoms with Gasteiger partial charge in [0, 0.05) is 11.1 Å².